The fourth-order valence-electron chi connectivity index (χ4n) is 5.31. The van der Waals surface area contributed by atoms with Crippen molar-refractivity contribution >= 4 is 31.0 Å². The molecule has 0 fully saturated rings. The topological polar surface area (TPSA) is 66.0 Å². The van der Waals surface area contributed by atoms with Crippen LogP contribution in [0.25, 0.3) is 0 Å². The quantitative estimate of drug-likeness (QED) is 0.0642. The van der Waals surface area contributed by atoms with Crippen LogP contribution in [0.3, 0.4) is 0 Å². The smallest absolute Gasteiger partial charge is 0.407 e. The van der Waals surface area contributed by atoms with Gasteiger partial charge in [0, 0.05) is 0 Å². The summed E-state index contributed by atoms with van der Waals surface area (Å²) in [4.78, 5) is 13.7. The first-order valence-electron chi connectivity index (χ1n) is 21.0. The van der Waals surface area contributed by atoms with E-state index >= 15 is 0 Å². The molecule has 1 rings (SSSR count). The Morgan fingerprint density at radius 1 is 0.679 bits per heavy atom. The van der Waals surface area contributed by atoms with Gasteiger partial charge in [0.05, 0.1) is 24.9 Å². The van der Waals surface area contributed by atoms with Gasteiger partial charge in [-0.15, -0.1) is 0 Å². The van der Waals surface area contributed by atoms with Crippen molar-refractivity contribution in [3.05, 3.63) is 48.0 Å². The molecule has 9 heteroatoms. The lowest BCUT2D eigenvalue weighted by molar-refractivity contribution is 0.000377. The number of carbonyl (C=O) groups excluding carboxylic acids is 1. The number of rotatable bonds is 24. The summed E-state index contributed by atoms with van der Waals surface area (Å²) < 4.78 is 27.5. The van der Waals surface area contributed by atoms with Crippen LogP contribution < -0.4 is 5.32 Å². The maximum absolute atomic E-state index is 13.7. The molecule has 0 aromatic heterocycles. The van der Waals surface area contributed by atoms with E-state index in [1.165, 1.54) is 57.8 Å². The van der Waals surface area contributed by atoms with Gasteiger partial charge in [0.1, 0.15) is 6.61 Å². The van der Waals surface area contributed by atoms with Crippen LogP contribution in [0.4, 0.5) is 4.79 Å². The minimum Gasteiger partial charge on any atom is -0.445 e. The van der Waals surface area contributed by atoms with Gasteiger partial charge in [-0.3, -0.25) is 0 Å². The van der Waals surface area contributed by atoms with E-state index in [4.69, 9.17) is 18.0 Å². The molecule has 0 radical (unpaired) electrons. The van der Waals surface area contributed by atoms with Crippen molar-refractivity contribution in [1.29, 1.82) is 0 Å². The van der Waals surface area contributed by atoms with Gasteiger partial charge in [0.2, 0.25) is 0 Å². The largest absolute Gasteiger partial charge is 0.445 e. The zero-order valence-corrected chi connectivity index (χ0v) is 40.5. The zero-order valence-electron chi connectivity index (χ0n) is 37.5. The van der Waals surface area contributed by atoms with Crippen LogP contribution in [0.2, 0.25) is 54.4 Å². The second-order valence-corrected chi connectivity index (χ2v) is 34.3. The van der Waals surface area contributed by atoms with E-state index in [2.05, 4.69) is 126 Å². The fraction of sp³-hybridized carbons (Fsp3) is 0.795. The molecule has 0 unspecified atom stereocenters. The molecule has 0 spiro atoms. The average Bonchev–Trinajstić information content (AvgIpc) is 3.03. The molecule has 1 N–H and O–H groups in total. The van der Waals surface area contributed by atoms with Gasteiger partial charge >= 0.3 is 6.09 Å². The van der Waals surface area contributed by atoms with Gasteiger partial charge in [0.15, 0.2) is 25.0 Å². The number of hydrogen-bond acceptors (Lipinski definition) is 5. The first kappa shape index (κ1) is 49.8. The third-order valence-electron chi connectivity index (χ3n) is 12.2. The van der Waals surface area contributed by atoms with E-state index in [1.54, 1.807) is 0 Å². The molecule has 53 heavy (non-hydrogen) atoms. The van der Waals surface area contributed by atoms with Crippen LogP contribution in [0.1, 0.15) is 145 Å². The van der Waals surface area contributed by atoms with Crippen LogP contribution >= 0.6 is 0 Å². The van der Waals surface area contributed by atoms with E-state index in [9.17, 15) is 4.79 Å². The van der Waals surface area contributed by atoms with Crippen molar-refractivity contribution in [2.75, 3.05) is 6.61 Å². The Hall–Kier alpha value is -1.24. The second kappa shape index (κ2) is 22.5. The van der Waals surface area contributed by atoms with Gasteiger partial charge in [-0.25, -0.2) is 4.79 Å². The Labute approximate surface area is 331 Å². The van der Waals surface area contributed by atoms with E-state index < -0.39 is 43.2 Å². The number of carbonyl (C=O) groups is 1. The van der Waals surface area contributed by atoms with Crippen molar-refractivity contribution in [3.8, 4) is 0 Å². The molecule has 0 aliphatic carbocycles. The minimum absolute atomic E-state index is 0.00219. The summed E-state index contributed by atoms with van der Waals surface area (Å²) in [6.45, 7) is 37.0. The van der Waals surface area contributed by atoms with E-state index in [-0.39, 0.29) is 27.8 Å². The summed E-state index contributed by atoms with van der Waals surface area (Å²) >= 11 is 0. The maximum Gasteiger partial charge on any atom is 0.407 e. The van der Waals surface area contributed by atoms with Gasteiger partial charge in [0.25, 0.3) is 0 Å². The Balaban J connectivity index is 3.50. The number of benzene rings is 1. The highest BCUT2D eigenvalue weighted by atomic mass is 28.4. The molecule has 0 saturated carbocycles. The van der Waals surface area contributed by atoms with Crippen molar-refractivity contribution in [3.63, 3.8) is 0 Å². The van der Waals surface area contributed by atoms with Crippen molar-refractivity contribution in [2.24, 2.45) is 0 Å². The summed E-state index contributed by atoms with van der Waals surface area (Å²) in [7, 11) is -6.81. The summed E-state index contributed by atoms with van der Waals surface area (Å²) in [6.07, 6.45) is 17.2. The number of allylic oxidation sites excluding steroid dienone is 1. The first-order chi connectivity index (χ1) is 24.3. The number of hydrogen-bond donors (Lipinski definition) is 1. The molecule has 0 saturated heterocycles. The molecule has 0 aliphatic heterocycles. The van der Waals surface area contributed by atoms with E-state index in [0.717, 1.165) is 12.0 Å². The summed E-state index contributed by atoms with van der Waals surface area (Å²) in [6, 6.07) is 9.36. The van der Waals surface area contributed by atoms with E-state index in [0.29, 0.717) is 13.0 Å². The monoisotopic (exact) mass is 792 g/mol. The highest BCUT2D eigenvalue weighted by Crippen LogP contribution is 2.42. The predicted molar refractivity (Wildman–Crippen MR) is 236 cm³/mol. The minimum atomic E-state index is -2.36. The first-order valence-corrected chi connectivity index (χ1v) is 29.7. The maximum atomic E-state index is 13.7. The Kier molecular flexibility index (Phi) is 21.1. The third-order valence-corrected chi connectivity index (χ3v) is 25.7. The normalized spacial score (nSPS) is 15.4. The molecule has 0 aliphatic rings. The molecule has 1 amide bonds. The van der Waals surface area contributed by atoms with Crippen LogP contribution in [0.5, 0.6) is 0 Å². The standard InChI is InChI=1S/C44H85NO5Si3/c1-17-18-19-20-21-22-23-24-25-26-27-31-34-39(49-52(13,14)43(5,6)7)40(50-53(15,16)44(8,9)10)38(36-48-51(11,12)42(2,3)4)45-41(46)47-35-37-32-29-28-30-33-37/h27-33,38-40H,17-26,34-36H2,1-16H3,(H,45,46)/b31-27+/t38-,39-,40-/m0/s1. The summed E-state index contributed by atoms with van der Waals surface area (Å²) in [5.41, 5.74) is 0.946. The highest BCUT2D eigenvalue weighted by molar-refractivity contribution is 6.75. The molecule has 0 heterocycles. The number of ether oxygens (including phenoxy) is 1. The number of alkyl carbamates (subject to hydrolysis) is 1. The number of nitrogens with one attached hydrogen (secondary N) is 1. The van der Waals surface area contributed by atoms with Crippen LogP contribution in [0.15, 0.2) is 42.5 Å². The number of unbranched alkanes of at least 4 members (excludes halogenated alkanes) is 9. The summed E-state index contributed by atoms with van der Waals surface area (Å²) in [5.74, 6) is 0. The van der Waals surface area contributed by atoms with Crippen molar-refractivity contribution in [1.82, 2.24) is 5.32 Å². The molecule has 1 aromatic rings. The zero-order chi connectivity index (χ0) is 40.6. The highest BCUT2D eigenvalue weighted by Gasteiger charge is 2.48. The van der Waals surface area contributed by atoms with Crippen LogP contribution in [-0.2, 0) is 24.6 Å². The van der Waals surface area contributed by atoms with Crippen LogP contribution in [0, 0.1) is 0 Å². The molecule has 1 aromatic carbocycles. The van der Waals surface area contributed by atoms with Gasteiger partial charge in [-0.1, -0.05) is 163 Å². The molecule has 308 valence electrons. The van der Waals surface area contributed by atoms with Crippen molar-refractivity contribution in [2.45, 2.75) is 219 Å². The Bertz CT molecular complexity index is 1180. The molecule has 3 atom stereocenters. The van der Waals surface area contributed by atoms with E-state index in [1.807, 2.05) is 30.3 Å². The van der Waals surface area contributed by atoms with Gasteiger partial charge in [-0.05, 0) is 79.2 Å². The van der Waals surface area contributed by atoms with Gasteiger partial charge < -0.3 is 23.3 Å². The molecule has 0 bridgehead atoms. The average molecular weight is 792 g/mol. The summed E-state index contributed by atoms with van der Waals surface area (Å²) in [5, 5.41) is 3.25. The molecule has 6 nitrogen and oxygen atoms in total. The van der Waals surface area contributed by atoms with Crippen molar-refractivity contribution < 1.29 is 22.8 Å². The number of amides is 1. The SMILES string of the molecule is CCCCCCCCCCC/C=C/C[C@H](O[Si](C)(C)C(C)(C)C)[C@@H](O[Si](C)(C)C(C)(C)C)[C@H](CO[Si](C)(C)C(C)(C)C)NC(=O)OCc1ccccc1. The molecular formula is C44H85NO5Si3. The fourth-order valence-corrected chi connectivity index (χ4v) is 9.03. The lowest BCUT2D eigenvalue weighted by atomic mass is 10.0. The predicted octanol–water partition coefficient (Wildman–Crippen LogP) is 14.0. The lowest BCUT2D eigenvalue weighted by Crippen LogP contribution is -2.60. The lowest BCUT2D eigenvalue weighted by Gasteiger charge is -2.47. The Morgan fingerprint density at radius 2 is 1.17 bits per heavy atom. The second-order valence-electron chi connectivity index (χ2n) is 20.0. The molecular weight excluding hydrogens is 707 g/mol. The Morgan fingerprint density at radius 3 is 1.68 bits per heavy atom. The van der Waals surface area contributed by atoms with Crippen LogP contribution in [-0.4, -0.2) is 55.9 Å². The third kappa shape index (κ3) is 18.5. The van der Waals surface area contributed by atoms with Gasteiger partial charge in [-0.2, -0.15) is 0 Å².